The molecule has 0 radical (unpaired) electrons. The Hall–Kier alpha value is -3.13. The van der Waals surface area contributed by atoms with Gasteiger partial charge in [0.05, 0.1) is 23.5 Å². The average molecular weight is 389 g/mol. The van der Waals surface area contributed by atoms with Gasteiger partial charge in [0.25, 0.3) is 0 Å². The van der Waals surface area contributed by atoms with Gasteiger partial charge in [0.15, 0.2) is 0 Å². The fourth-order valence-corrected chi connectivity index (χ4v) is 3.55. The Kier molecular flexibility index (Phi) is 6.03. The van der Waals surface area contributed by atoms with Crippen LogP contribution in [0.2, 0.25) is 0 Å². The van der Waals surface area contributed by atoms with Gasteiger partial charge < -0.3 is 10.6 Å². The second-order valence-corrected chi connectivity index (χ2v) is 8.24. The largest absolute Gasteiger partial charge is 0.326 e. The van der Waals surface area contributed by atoms with E-state index in [0.29, 0.717) is 29.5 Å². The third-order valence-corrected chi connectivity index (χ3v) is 5.37. The molecule has 0 aliphatic heterocycles. The highest BCUT2D eigenvalue weighted by molar-refractivity contribution is 6.03. The number of nitrogens with one attached hydrogen (secondary N) is 2. The lowest BCUT2D eigenvalue weighted by Crippen LogP contribution is -2.22. The molecule has 2 N–H and O–H groups in total. The van der Waals surface area contributed by atoms with Crippen LogP contribution in [0.5, 0.6) is 0 Å². The highest BCUT2D eigenvalue weighted by atomic mass is 16.2. The van der Waals surface area contributed by atoms with Crippen LogP contribution in [0.15, 0.2) is 42.5 Å². The Morgan fingerprint density at radius 1 is 0.897 bits per heavy atom. The number of carbonyl (C=O) groups is 2. The quantitative estimate of drug-likeness (QED) is 0.728. The SMILES string of the molecule is CC(C)c1cccc(C(C)C)c1NC(=O)C1CC1C(=O)Nc1ccc(C#N)cc1. The molecular weight excluding hydrogens is 362 g/mol. The van der Waals surface area contributed by atoms with Gasteiger partial charge in [-0.2, -0.15) is 5.26 Å². The lowest BCUT2D eigenvalue weighted by Gasteiger charge is -2.20. The molecule has 0 spiro atoms. The van der Waals surface area contributed by atoms with E-state index in [1.165, 1.54) is 0 Å². The van der Waals surface area contributed by atoms with Gasteiger partial charge in [0.1, 0.15) is 0 Å². The predicted octanol–water partition coefficient (Wildman–Crippen LogP) is 5.02. The Balaban J connectivity index is 1.67. The number of nitrogens with zero attached hydrogens (tertiary/aromatic N) is 1. The Morgan fingerprint density at radius 2 is 1.41 bits per heavy atom. The van der Waals surface area contributed by atoms with Crippen LogP contribution in [-0.4, -0.2) is 11.8 Å². The van der Waals surface area contributed by atoms with Crippen molar-refractivity contribution in [3.05, 3.63) is 59.2 Å². The number of amides is 2. The van der Waals surface area contributed by atoms with Gasteiger partial charge in [-0.25, -0.2) is 0 Å². The molecule has 0 saturated heterocycles. The Morgan fingerprint density at radius 3 is 1.90 bits per heavy atom. The third kappa shape index (κ3) is 4.65. The summed E-state index contributed by atoms with van der Waals surface area (Å²) in [4.78, 5) is 25.3. The van der Waals surface area contributed by atoms with Crippen molar-refractivity contribution in [1.29, 1.82) is 5.26 Å². The standard InChI is InChI=1S/C24H27N3O2/c1-14(2)18-6-5-7-19(15(3)4)22(18)27-24(29)21-12-20(21)23(28)26-17-10-8-16(13-25)9-11-17/h5-11,14-15,20-21H,12H2,1-4H3,(H,26,28)(H,27,29). The van der Waals surface area contributed by atoms with Gasteiger partial charge in [-0.3, -0.25) is 9.59 Å². The first-order valence-corrected chi connectivity index (χ1v) is 10.1. The minimum Gasteiger partial charge on any atom is -0.326 e. The molecule has 1 aliphatic rings. The molecule has 0 bridgehead atoms. The summed E-state index contributed by atoms with van der Waals surface area (Å²) in [6.07, 6.45) is 0.550. The minimum absolute atomic E-state index is 0.0972. The predicted molar refractivity (Wildman–Crippen MR) is 115 cm³/mol. The van der Waals surface area contributed by atoms with E-state index >= 15 is 0 Å². The number of para-hydroxylation sites is 1. The highest BCUT2D eigenvalue weighted by Gasteiger charge is 2.48. The molecule has 1 saturated carbocycles. The van der Waals surface area contributed by atoms with E-state index in [4.69, 9.17) is 5.26 Å². The maximum absolute atomic E-state index is 12.8. The average Bonchev–Trinajstić information content (AvgIpc) is 3.49. The summed E-state index contributed by atoms with van der Waals surface area (Å²) in [5.41, 5.74) is 4.29. The molecular formula is C24H27N3O2. The van der Waals surface area contributed by atoms with Crippen LogP contribution >= 0.6 is 0 Å². The molecule has 2 aromatic rings. The normalized spacial score (nSPS) is 17.7. The van der Waals surface area contributed by atoms with Crippen LogP contribution in [0.25, 0.3) is 0 Å². The summed E-state index contributed by atoms with van der Waals surface area (Å²) < 4.78 is 0. The van der Waals surface area contributed by atoms with E-state index in [0.717, 1.165) is 16.8 Å². The molecule has 29 heavy (non-hydrogen) atoms. The summed E-state index contributed by atoms with van der Waals surface area (Å²) in [5.74, 6) is -0.304. The van der Waals surface area contributed by atoms with Gasteiger partial charge in [0.2, 0.25) is 11.8 Å². The molecule has 2 atom stereocenters. The molecule has 1 aliphatic carbocycles. The molecule has 5 heteroatoms. The lowest BCUT2D eigenvalue weighted by molar-refractivity contribution is -0.122. The van der Waals surface area contributed by atoms with Gasteiger partial charge >= 0.3 is 0 Å². The fraction of sp³-hybridized carbons (Fsp3) is 0.375. The number of benzene rings is 2. The van der Waals surface area contributed by atoms with Crippen molar-refractivity contribution in [1.82, 2.24) is 0 Å². The van der Waals surface area contributed by atoms with Crippen LogP contribution < -0.4 is 10.6 Å². The lowest BCUT2D eigenvalue weighted by atomic mass is 9.92. The second-order valence-electron chi connectivity index (χ2n) is 8.24. The van der Waals surface area contributed by atoms with Gasteiger partial charge in [-0.15, -0.1) is 0 Å². The van der Waals surface area contributed by atoms with Crippen molar-refractivity contribution < 1.29 is 9.59 Å². The number of carbonyl (C=O) groups excluding carboxylic acids is 2. The van der Waals surface area contributed by atoms with Crippen molar-refractivity contribution in [2.45, 2.75) is 46.0 Å². The van der Waals surface area contributed by atoms with Crippen molar-refractivity contribution >= 4 is 23.2 Å². The number of hydrogen-bond donors (Lipinski definition) is 2. The van der Waals surface area contributed by atoms with Crippen molar-refractivity contribution in [3.63, 3.8) is 0 Å². The summed E-state index contributed by atoms with van der Waals surface area (Å²) in [5, 5.41) is 14.8. The highest BCUT2D eigenvalue weighted by Crippen LogP contribution is 2.41. The van der Waals surface area contributed by atoms with E-state index in [-0.39, 0.29) is 23.7 Å². The topological polar surface area (TPSA) is 82.0 Å². The summed E-state index contributed by atoms with van der Waals surface area (Å²) >= 11 is 0. The van der Waals surface area contributed by atoms with E-state index in [1.54, 1.807) is 24.3 Å². The molecule has 0 aromatic heterocycles. The summed E-state index contributed by atoms with van der Waals surface area (Å²) in [6, 6.07) is 14.9. The van der Waals surface area contributed by atoms with Crippen LogP contribution in [0.1, 0.15) is 62.6 Å². The smallest absolute Gasteiger partial charge is 0.228 e. The monoisotopic (exact) mass is 389 g/mol. The third-order valence-electron chi connectivity index (χ3n) is 5.37. The van der Waals surface area contributed by atoms with Crippen LogP contribution in [-0.2, 0) is 9.59 Å². The molecule has 5 nitrogen and oxygen atoms in total. The first-order chi connectivity index (χ1) is 13.8. The fourth-order valence-electron chi connectivity index (χ4n) is 3.55. The van der Waals surface area contributed by atoms with E-state index in [1.807, 2.05) is 24.3 Å². The van der Waals surface area contributed by atoms with Crippen molar-refractivity contribution in [2.75, 3.05) is 10.6 Å². The molecule has 1 fully saturated rings. The summed E-state index contributed by atoms with van der Waals surface area (Å²) in [6.45, 7) is 8.44. The molecule has 2 amide bonds. The Labute approximate surface area is 172 Å². The van der Waals surface area contributed by atoms with Crippen LogP contribution in [0.3, 0.4) is 0 Å². The maximum atomic E-state index is 12.8. The zero-order chi connectivity index (χ0) is 21.1. The molecule has 3 rings (SSSR count). The van der Waals surface area contributed by atoms with Gasteiger partial charge in [-0.05, 0) is 53.6 Å². The van der Waals surface area contributed by atoms with E-state index in [2.05, 4.69) is 38.3 Å². The minimum atomic E-state index is -0.320. The maximum Gasteiger partial charge on any atom is 0.228 e. The van der Waals surface area contributed by atoms with E-state index in [9.17, 15) is 9.59 Å². The van der Waals surface area contributed by atoms with Crippen LogP contribution in [0.4, 0.5) is 11.4 Å². The number of nitriles is 1. The molecule has 150 valence electrons. The Bertz CT molecular complexity index is 929. The second kappa shape index (κ2) is 8.48. The molecule has 2 aromatic carbocycles. The first kappa shape index (κ1) is 20.6. The molecule has 0 heterocycles. The summed E-state index contributed by atoms with van der Waals surface area (Å²) in [7, 11) is 0. The van der Waals surface area contributed by atoms with Gasteiger partial charge in [-0.1, -0.05) is 45.9 Å². The number of anilines is 2. The van der Waals surface area contributed by atoms with Crippen molar-refractivity contribution in [3.8, 4) is 6.07 Å². The number of hydrogen-bond acceptors (Lipinski definition) is 3. The van der Waals surface area contributed by atoms with Crippen LogP contribution in [0, 0.1) is 23.2 Å². The number of rotatable bonds is 6. The zero-order valence-corrected chi connectivity index (χ0v) is 17.3. The van der Waals surface area contributed by atoms with E-state index < -0.39 is 0 Å². The zero-order valence-electron chi connectivity index (χ0n) is 17.3. The first-order valence-electron chi connectivity index (χ1n) is 10.1. The van der Waals surface area contributed by atoms with Gasteiger partial charge in [0, 0.05) is 11.4 Å². The molecule has 2 unspecified atom stereocenters. The van der Waals surface area contributed by atoms with Crippen molar-refractivity contribution in [2.24, 2.45) is 11.8 Å².